The van der Waals surface area contributed by atoms with Gasteiger partial charge in [-0.05, 0) is 31.9 Å². The first kappa shape index (κ1) is 21.3. The summed E-state index contributed by atoms with van der Waals surface area (Å²) < 4.78 is 23.0. The van der Waals surface area contributed by atoms with Crippen LogP contribution in [0.25, 0.3) is 0 Å². The summed E-state index contributed by atoms with van der Waals surface area (Å²) in [6.07, 6.45) is 1.54. The summed E-state index contributed by atoms with van der Waals surface area (Å²) in [4.78, 5) is 41.0. The minimum absolute atomic E-state index is 0.00711. The quantitative estimate of drug-likeness (QED) is 0.682. The first-order chi connectivity index (χ1) is 13.7. The van der Waals surface area contributed by atoms with Crippen LogP contribution in [0.15, 0.2) is 24.3 Å². The van der Waals surface area contributed by atoms with Gasteiger partial charge in [-0.2, -0.15) is 0 Å². The molecule has 0 radical (unpaired) electrons. The lowest BCUT2D eigenvalue weighted by Crippen LogP contribution is -2.62. The first-order valence-corrected chi connectivity index (χ1v) is 11.7. The molecular weight excluding hydrogens is 394 g/mol. The molecule has 29 heavy (non-hydrogen) atoms. The maximum Gasteiger partial charge on any atom is 0.257 e. The van der Waals surface area contributed by atoms with Crippen molar-refractivity contribution in [1.82, 2.24) is 10.2 Å². The van der Waals surface area contributed by atoms with E-state index >= 15 is 0 Å². The second-order valence-corrected chi connectivity index (χ2v) is 10.1. The predicted octanol–water partition coefficient (Wildman–Crippen LogP) is 1.32. The van der Waals surface area contributed by atoms with Gasteiger partial charge in [0, 0.05) is 31.7 Å². The first-order valence-electron chi connectivity index (χ1n) is 9.91. The van der Waals surface area contributed by atoms with Crippen LogP contribution in [0.3, 0.4) is 0 Å². The standard InChI is InChI=1S/C20H27N3O5S/c1-3-29(27,28)14-12-21-17(24)9-6-13-22-19(26)15-7-4-5-8-16(15)23-18(25)10-11-20(22,23)2/h4-5,7-8H,3,6,9-14H2,1-2H3,(H,21,24). The van der Waals surface area contributed by atoms with Gasteiger partial charge in [0.1, 0.15) is 5.66 Å². The van der Waals surface area contributed by atoms with E-state index in [0.29, 0.717) is 37.1 Å². The zero-order valence-electron chi connectivity index (χ0n) is 16.8. The maximum atomic E-state index is 13.1. The van der Waals surface area contributed by atoms with Crippen LogP contribution in [0.4, 0.5) is 5.69 Å². The Morgan fingerprint density at radius 1 is 1.24 bits per heavy atom. The number of carbonyl (C=O) groups is 3. The van der Waals surface area contributed by atoms with Crippen molar-refractivity contribution in [3.05, 3.63) is 29.8 Å². The molecule has 1 N–H and O–H groups in total. The summed E-state index contributed by atoms with van der Waals surface area (Å²) in [6, 6.07) is 7.10. The third kappa shape index (κ3) is 4.14. The van der Waals surface area contributed by atoms with Gasteiger partial charge < -0.3 is 10.2 Å². The van der Waals surface area contributed by atoms with Gasteiger partial charge in [0.25, 0.3) is 5.91 Å². The molecular formula is C20H27N3O5S. The van der Waals surface area contributed by atoms with Crippen molar-refractivity contribution in [1.29, 1.82) is 0 Å². The molecule has 1 fully saturated rings. The third-order valence-corrected chi connectivity index (χ3v) is 7.41. The van der Waals surface area contributed by atoms with E-state index < -0.39 is 15.5 Å². The Kier molecular flexibility index (Phi) is 5.97. The van der Waals surface area contributed by atoms with Crippen molar-refractivity contribution in [2.24, 2.45) is 0 Å². The second-order valence-electron chi connectivity index (χ2n) is 7.61. The Bertz CT molecular complexity index is 930. The summed E-state index contributed by atoms with van der Waals surface area (Å²) in [5.74, 6) is -0.414. The molecule has 0 aliphatic carbocycles. The fourth-order valence-electron chi connectivity index (χ4n) is 4.02. The average molecular weight is 422 g/mol. The van der Waals surface area contributed by atoms with Gasteiger partial charge in [-0.25, -0.2) is 8.42 Å². The topological polar surface area (TPSA) is 104 Å². The molecule has 158 valence electrons. The smallest absolute Gasteiger partial charge is 0.257 e. The summed E-state index contributed by atoms with van der Waals surface area (Å²) in [5.41, 5.74) is 0.414. The number of rotatable bonds is 8. The Morgan fingerprint density at radius 3 is 2.69 bits per heavy atom. The minimum atomic E-state index is -3.12. The third-order valence-electron chi connectivity index (χ3n) is 5.71. The number of carbonyl (C=O) groups excluding carboxylic acids is 3. The van der Waals surface area contributed by atoms with Gasteiger partial charge in [-0.3, -0.25) is 19.3 Å². The number of para-hydroxylation sites is 1. The van der Waals surface area contributed by atoms with Crippen molar-refractivity contribution >= 4 is 33.2 Å². The highest BCUT2D eigenvalue weighted by Crippen LogP contribution is 2.43. The zero-order chi connectivity index (χ0) is 21.2. The molecule has 8 nitrogen and oxygen atoms in total. The molecule has 2 aliphatic heterocycles. The van der Waals surface area contributed by atoms with E-state index in [1.165, 1.54) is 0 Å². The minimum Gasteiger partial charge on any atom is -0.355 e. The molecule has 3 rings (SSSR count). The highest BCUT2D eigenvalue weighted by atomic mass is 32.2. The lowest BCUT2D eigenvalue weighted by molar-refractivity contribution is -0.121. The molecule has 0 bridgehead atoms. The maximum absolute atomic E-state index is 13.1. The summed E-state index contributed by atoms with van der Waals surface area (Å²) in [6.45, 7) is 3.89. The number of nitrogens with zero attached hydrogens (tertiary/aromatic N) is 2. The number of anilines is 1. The van der Waals surface area contributed by atoms with Gasteiger partial charge in [0.05, 0.1) is 17.0 Å². The van der Waals surface area contributed by atoms with Crippen LogP contribution in [0.1, 0.15) is 49.9 Å². The van der Waals surface area contributed by atoms with Crippen molar-refractivity contribution in [2.75, 3.05) is 29.5 Å². The van der Waals surface area contributed by atoms with E-state index in [2.05, 4.69) is 5.32 Å². The zero-order valence-corrected chi connectivity index (χ0v) is 17.6. The highest BCUT2D eigenvalue weighted by Gasteiger charge is 2.52. The second kappa shape index (κ2) is 8.14. The molecule has 0 saturated carbocycles. The van der Waals surface area contributed by atoms with Crippen LogP contribution >= 0.6 is 0 Å². The van der Waals surface area contributed by atoms with Gasteiger partial charge in [-0.1, -0.05) is 19.1 Å². The van der Waals surface area contributed by atoms with E-state index in [-0.39, 0.29) is 42.2 Å². The largest absolute Gasteiger partial charge is 0.355 e. The Morgan fingerprint density at radius 2 is 1.97 bits per heavy atom. The van der Waals surface area contributed by atoms with E-state index in [1.807, 2.05) is 13.0 Å². The van der Waals surface area contributed by atoms with Crippen LogP contribution in [0.2, 0.25) is 0 Å². The van der Waals surface area contributed by atoms with E-state index in [0.717, 1.165) is 0 Å². The van der Waals surface area contributed by atoms with Gasteiger partial charge >= 0.3 is 0 Å². The summed E-state index contributed by atoms with van der Waals surface area (Å²) >= 11 is 0. The SMILES string of the molecule is CCS(=O)(=O)CCNC(=O)CCCN1C(=O)c2ccccc2N2C(=O)CCC12C. The molecule has 2 heterocycles. The van der Waals surface area contributed by atoms with E-state index in [1.54, 1.807) is 34.9 Å². The number of hydrogen-bond donors (Lipinski definition) is 1. The number of hydrogen-bond acceptors (Lipinski definition) is 5. The van der Waals surface area contributed by atoms with Gasteiger partial charge in [0.15, 0.2) is 9.84 Å². The molecule has 1 saturated heterocycles. The summed E-state index contributed by atoms with van der Waals surface area (Å²) in [7, 11) is -3.12. The van der Waals surface area contributed by atoms with Crippen LogP contribution < -0.4 is 10.2 Å². The number of nitrogens with one attached hydrogen (secondary N) is 1. The number of amides is 3. The monoisotopic (exact) mass is 421 g/mol. The molecule has 3 amide bonds. The Hall–Kier alpha value is -2.42. The Balaban J connectivity index is 1.63. The number of fused-ring (bicyclic) bond motifs is 3. The van der Waals surface area contributed by atoms with Crippen LogP contribution in [0, 0.1) is 0 Å². The molecule has 1 aromatic rings. The normalized spacial score (nSPS) is 21.2. The van der Waals surface area contributed by atoms with Crippen LogP contribution in [-0.2, 0) is 19.4 Å². The molecule has 0 spiro atoms. The van der Waals surface area contributed by atoms with E-state index in [4.69, 9.17) is 0 Å². The molecule has 1 atom stereocenters. The van der Waals surface area contributed by atoms with Crippen molar-refractivity contribution in [3.63, 3.8) is 0 Å². The molecule has 0 aromatic heterocycles. The van der Waals surface area contributed by atoms with Gasteiger partial charge in [-0.15, -0.1) is 0 Å². The Labute approximate surface area is 171 Å². The van der Waals surface area contributed by atoms with Crippen LogP contribution in [-0.4, -0.2) is 61.3 Å². The number of sulfone groups is 1. The van der Waals surface area contributed by atoms with Crippen molar-refractivity contribution in [2.45, 2.75) is 45.2 Å². The van der Waals surface area contributed by atoms with Crippen molar-refractivity contribution in [3.8, 4) is 0 Å². The lowest BCUT2D eigenvalue weighted by atomic mass is 9.98. The molecule has 1 aromatic carbocycles. The predicted molar refractivity (Wildman–Crippen MR) is 109 cm³/mol. The van der Waals surface area contributed by atoms with Gasteiger partial charge in [0.2, 0.25) is 11.8 Å². The molecule has 2 aliphatic rings. The summed E-state index contributed by atoms with van der Waals surface area (Å²) in [5, 5.41) is 2.61. The average Bonchev–Trinajstić information content (AvgIpc) is 3.00. The molecule has 1 unspecified atom stereocenters. The fourth-order valence-corrected chi connectivity index (χ4v) is 4.72. The highest BCUT2D eigenvalue weighted by molar-refractivity contribution is 7.91. The lowest BCUT2D eigenvalue weighted by Gasteiger charge is -2.48. The number of benzene rings is 1. The molecule has 9 heteroatoms. The van der Waals surface area contributed by atoms with Crippen LogP contribution in [0.5, 0.6) is 0 Å². The van der Waals surface area contributed by atoms with Crippen molar-refractivity contribution < 1.29 is 22.8 Å². The van der Waals surface area contributed by atoms with E-state index in [9.17, 15) is 22.8 Å². The fraction of sp³-hybridized carbons (Fsp3) is 0.550.